The average molecular weight is 278 g/mol. The van der Waals surface area contributed by atoms with Crippen molar-refractivity contribution < 1.29 is 13.6 Å². The van der Waals surface area contributed by atoms with Crippen LogP contribution in [0, 0.1) is 25.5 Å². The molecule has 0 bridgehead atoms. The molecular weight excluding hydrogens is 262 g/mol. The van der Waals surface area contributed by atoms with Gasteiger partial charge in [0, 0.05) is 37.2 Å². The zero-order chi connectivity index (χ0) is 14.9. The van der Waals surface area contributed by atoms with Gasteiger partial charge in [0.15, 0.2) is 0 Å². The molecule has 0 aliphatic heterocycles. The Kier molecular flexibility index (Phi) is 3.97. The molecule has 0 saturated carbocycles. The first-order valence-corrected chi connectivity index (χ1v) is 6.32. The number of hydrogen-bond acceptors (Lipinski definition) is 2. The van der Waals surface area contributed by atoms with Crippen LogP contribution in [0.25, 0.3) is 0 Å². The van der Waals surface area contributed by atoms with Gasteiger partial charge in [0.1, 0.15) is 17.4 Å². The van der Waals surface area contributed by atoms with E-state index < -0.39 is 11.6 Å². The minimum absolute atomic E-state index is 0.0163. The van der Waals surface area contributed by atoms with Crippen molar-refractivity contribution in [2.24, 2.45) is 7.05 Å². The Hall–Kier alpha value is -2.04. The second kappa shape index (κ2) is 5.53. The van der Waals surface area contributed by atoms with Crippen LogP contribution in [-0.2, 0) is 24.7 Å². The number of Topliss-reactive ketones (excluding diaryl/α,β-unsaturated/α-hetero) is 1. The van der Waals surface area contributed by atoms with E-state index in [4.69, 9.17) is 0 Å². The predicted molar refractivity (Wildman–Crippen MR) is 71.5 cm³/mol. The molecular formula is C15H16F2N2O. The van der Waals surface area contributed by atoms with Gasteiger partial charge in [-0.05, 0) is 31.5 Å². The molecule has 0 aliphatic rings. The maximum Gasteiger partial charge on any atom is 0.141 e. The molecule has 20 heavy (non-hydrogen) atoms. The Morgan fingerprint density at radius 2 is 1.75 bits per heavy atom. The maximum atomic E-state index is 13.1. The molecule has 0 aliphatic carbocycles. The van der Waals surface area contributed by atoms with Gasteiger partial charge in [-0.15, -0.1) is 0 Å². The highest BCUT2D eigenvalue weighted by Crippen LogP contribution is 2.15. The van der Waals surface area contributed by atoms with Gasteiger partial charge in [-0.3, -0.25) is 9.48 Å². The Morgan fingerprint density at radius 1 is 1.15 bits per heavy atom. The second-order valence-corrected chi connectivity index (χ2v) is 4.94. The van der Waals surface area contributed by atoms with Gasteiger partial charge < -0.3 is 0 Å². The fraction of sp³-hybridized carbons (Fsp3) is 0.333. The van der Waals surface area contributed by atoms with Crippen LogP contribution < -0.4 is 0 Å². The Balaban J connectivity index is 2.13. The number of carbonyl (C=O) groups is 1. The van der Waals surface area contributed by atoms with Crippen LogP contribution >= 0.6 is 0 Å². The standard InChI is InChI=1S/C15H16F2N2O/c1-9-15(10(2)19(3)18-9)8-14(20)6-11-4-12(16)7-13(17)5-11/h4-5,7H,6,8H2,1-3H3. The minimum Gasteiger partial charge on any atom is -0.299 e. The predicted octanol–water partition coefficient (Wildman–Crippen LogP) is 2.67. The third-order valence-corrected chi connectivity index (χ3v) is 3.36. The molecule has 1 heterocycles. The van der Waals surface area contributed by atoms with Gasteiger partial charge in [0.2, 0.25) is 0 Å². The summed E-state index contributed by atoms with van der Waals surface area (Å²) in [5.41, 5.74) is 2.98. The monoisotopic (exact) mass is 278 g/mol. The molecule has 0 N–H and O–H groups in total. The van der Waals surface area contributed by atoms with Gasteiger partial charge in [0.05, 0.1) is 5.69 Å². The van der Waals surface area contributed by atoms with Crippen molar-refractivity contribution in [3.05, 3.63) is 52.3 Å². The number of nitrogens with zero attached hydrogens (tertiary/aromatic N) is 2. The molecule has 2 rings (SSSR count). The van der Waals surface area contributed by atoms with Crippen LogP contribution in [0.2, 0.25) is 0 Å². The fourth-order valence-corrected chi connectivity index (χ4v) is 2.27. The number of rotatable bonds is 4. The molecule has 0 amide bonds. The number of halogens is 2. The van der Waals surface area contributed by atoms with Gasteiger partial charge >= 0.3 is 0 Å². The number of benzene rings is 1. The van der Waals surface area contributed by atoms with Crippen molar-refractivity contribution in [2.75, 3.05) is 0 Å². The zero-order valence-corrected chi connectivity index (χ0v) is 11.7. The van der Waals surface area contributed by atoms with Crippen molar-refractivity contribution in [1.29, 1.82) is 0 Å². The van der Waals surface area contributed by atoms with Crippen LogP contribution in [0.5, 0.6) is 0 Å². The number of carbonyl (C=O) groups excluding carboxylic acids is 1. The van der Waals surface area contributed by atoms with E-state index in [1.165, 1.54) is 12.1 Å². The van der Waals surface area contributed by atoms with E-state index in [-0.39, 0.29) is 18.6 Å². The Morgan fingerprint density at radius 3 is 2.25 bits per heavy atom. The van der Waals surface area contributed by atoms with Crippen molar-refractivity contribution in [2.45, 2.75) is 26.7 Å². The molecule has 3 nitrogen and oxygen atoms in total. The van der Waals surface area contributed by atoms with E-state index in [9.17, 15) is 13.6 Å². The summed E-state index contributed by atoms with van der Waals surface area (Å²) in [5.74, 6) is -1.42. The van der Waals surface area contributed by atoms with Crippen LogP contribution in [0.1, 0.15) is 22.5 Å². The van der Waals surface area contributed by atoms with Crippen LogP contribution in [-0.4, -0.2) is 15.6 Å². The van der Waals surface area contributed by atoms with Crippen LogP contribution in [0.3, 0.4) is 0 Å². The summed E-state index contributed by atoms with van der Waals surface area (Å²) in [5, 5.41) is 4.24. The summed E-state index contributed by atoms with van der Waals surface area (Å²) in [6.07, 6.45) is 0.242. The first kappa shape index (κ1) is 14.4. The molecule has 0 saturated heterocycles. The molecule has 0 spiro atoms. The smallest absolute Gasteiger partial charge is 0.141 e. The van der Waals surface area contributed by atoms with Crippen molar-refractivity contribution in [1.82, 2.24) is 9.78 Å². The molecule has 0 unspecified atom stereocenters. The number of hydrogen-bond donors (Lipinski definition) is 0. The Labute approximate surface area is 116 Å². The summed E-state index contributed by atoms with van der Waals surface area (Å²) in [4.78, 5) is 12.0. The number of aryl methyl sites for hydroxylation is 2. The van der Waals surface area contributed by atoms with Crippen LogP contribution in [0.4, 0.5) is 8.78 Å². The molecule has 0 radical (unpaired) electrons. The van der Waals surface area contributed by atoms with Crippen molar-refractivity contribution in [3.63, 3.8) is 0 Å². The maximum absolute atomic E-state index is 13.1. The highest BCUT2D eigenvalue weighted by molar-refractivity contribution is 5.83. The van der Waals surface area contributed by atoms with Gasteiger partial charge in [-0.2, -0.15) is 5.10 Å². The lowest BCUT2D eigenvalue weighted by Gasteiger charge is -2.03. The molecule has 0 atom stereocenters. The first-order chi connectivity index (χ1) is 9.36. The summed E-state index contributed by atoms with van der Waals surface area (Å²) in [6, 6.07) is 3.16. The highest BCUT2D eigenvalue weighted by Gasteiger charge is 2.14. The summed E-state index contributed by atoms with van der Waals surface area (Å²) in [7, 11) is 1.82. The molecule has 2 aromatic rings. The van der Waals surface area contributed by atoms with E-state index in [1.807, 2.05) is 20.9 Å². The van der Waals surface area contributed by atoms with Gasteiger partial charge in [0.25, 0.3) is 0 Å². The minimum atomic E-state index is -0.665. The van der Waals surface area contributed by atoms with Gasteiger partial charge in [-0.25, -0.2) is 8.78 Å². The number of ketones is 1. The normalized spacial score (nSPS) is 10.8. The van der Waals surface area contributed by atoms with Gasteiger partial charge in [-0.1, -0.05) is 0 Å². The lowest BCUT2D eigenvalue weighted by molar-refractivity contribution is -0.117. The van der Waals surface area contributed by atoms with Crippen LogP contribution in [0.15, 0.2) is 18.2 Å². The summed E-state index contributed by atoms with van der Waals surface area (Å²) < 4.78 is 27.9. The Bertz CT molecular complexity index is 642. The third-order valence-electron chi connectivity index (χ3n) is 3.36. The molecule has 106 valence electrons. The largest absolute Gasteiger partial charge is 0.299 e. The molecule has 1 aromatic heterocycles. The van der Waals surface area contributed by atoms with E-state index in [0.717, 1.165) is 23.0 Å². The molecule has 5 heteroatoms. The van der Waals surface area contributed by atoms with E-state index in [0.29, 0.717) is 5.56 Å². The quantitative estimate of drug-likeness (QED) is 0.861. The molecule has 1 aromatic carbocycles. The SMILES string of the molecule is Cc1nn(C)c(C)c1CC(=O)Cc1cc(F)cc(F)c1. The average Bonchev–Trinajstić information content (AvgIpc) is 2.54. The van der Waals surface area contributed by atoms with Crippen molar-refractivity contribution >= 4 is 5.78 Å². The second-order valence-electron chi connectivity index (χ2n) is 4.94. The van der Waals surface area contributed by atoms with E-state index in [1.54, 1.807) is 4.68 Å². The first-order valence-electron chi connectivity index (χ1n) is 6.32. The summed E-state index contributed by atoms with van der Waals surface area (Å²) in [6.45, 7) is 3.74. The highest BCUT2D eigenvalue weighted by atomic mass is 19.1. The lowest BCUT2D eigenvalue weighted by Crippen LogP contribution is -2.08. The third kappa shape index (κ3) is 3.10. The lowest BCUT2D eigenvalue weighted by atomic mass is 10.0. The fourth-order valence-electron chi connectivity index (χ4n) is 2.27. The summed E-state index contributed by atoms with van der Waals surface area (Å²) >= 11 is 0. The number of aromatic nitrogens is 2. The molecule has 0 fully saturated rings. The zero-order valence-electron chi connectivity index (χ0n) is 11.7. The van der Waals surface area contributed by atoms with Crippen molar-refractivity contribution in [3.8, 4) is 0 Å². The topological polar surface area (TPSA) is 34.9 Å². The van der Waals surface area contributed by atoms with E-state index >= 15 is 0 Å². The van der Waals surface area contributed by atoms with E-state index in [2.05, 4.69) is 5.10 Å².